The topological polar surface area (TPSA) is 20.2 Å². The van der Waals surface area contributed by atoms with Crippen molar-refractivity contribution in [3.63, 3.8) is 0 Å². The first-order valence-corrected chi connectivity index (χ1v) is 6.56. The summed E-state index contributed by atoms with van der Waals surface area (Å²) in [6.45, 7) is 0. The number of benzene rings is 1. The molecule has 0 heterocycles. The summed E-state index contributed by atoms with van der Waals surface area (Å²) in [4.78, 5) is 0. The fraction of sp³-hybridized carbons (Fsp3) is 0.600. The highest BCUT2D eigenvalue weighted by Crippen LogP contribution is 2.50. The Bertz CT molecular complexity index is 347. The maximum atomic E-state index is 10.6. The highest BCUT2D eigenvalue weighted by molar-refractivity contribution is 5.29. The fourth-order valence-electron chi connectivity index (χ4n) is 3.92. The summed E-state index contributed by atoms with van der Waals surface area (Å²) in [6.07, 6.45) is 7.29. The van der Waals surface area contributed by atoms with Crippen LogP contribution in [0.15, 0.2) is 30.3 Å². The van der Waals surface area contributed by atoms with Crippen LogP contribution in [0.3, 0.4) is 0 Å². The number of rotatable bonds is 1. The van der Waals surface area contributed by atoms with Crippen molar-refractivity contribution in [1.82, 2.24) is 0 Å². The van der Waals surface area contributed by atoms with Crippen LogP contribution in [0.25, 0.3) is 0 Å². The minimum atomic E-state index is -0.0996. The first kappa shape index (κ1) is 10.3. The molecule has 0 radical (unpaired) electrons. The molecule has 0 spiro atoms. The van der Waals surface area contributed by atoms with Crippen LogP contribution < -0.4 is 0 Å². The molecule has 0 aromatic heterocycles. The van der Waals surface area contributed by atoms with Gasteiger partial charge in [0.2, 0.25) is 0 Å². The second kappa shape index (κ2) is 3.89. The molecular weight excluding hydrogens is 196 g/mol. The first-order valence-electron chi connectivity index (χ1n) is 6.56. The average molecular weight is 216 g/mol. The predicted octanol–water partition coefficient (Wildman–Crippen LogP) is 3.27. The molecule has 2 saturated carbocycles. The molecule has 1 nitrogen and oxygen atoms in total. The highest BCUT2D eigenvalue weighted by atomic mass is 16.3. The summed E-state index contributed by atoms with van der Waals surface area (Å²) in [6, 6.07) is 10.7. The molecule has 1 aromatic rings. The quantitative estimate of drug-likeness (QED) is 0.764. The lowest BCUT2D eigenvalue weighted by molar-refractivity contribution is -0.0384. The Labute approximate surface area is 97.5 Å². The van der Waals surface area contributed by atoms with E-state index in [4.69, 9.17) is 0 Å². The van der Waals surface area contributed by atoms with E-state index in [1.807, 2.05) is 0 Å². The molecule has 0 amide bonds. The van der Waals surface area contributed by atoms with Gasteiger partial charge in [0.15, 0.2) is 0 Å². The van der Waals surface area contributed by atoms with Gasteiger partial charge in [0, 0.05) is 5.41 Å². The summed E-state index contributed by atoms with van der Waals surface area (Å²) >= 11 is 0. The van der Waals surface area contributed by atoms with Crippen molar-refractivity contribution in [3.8, 4) is 0 Å². The number of fused-ring (bicyclic) bond motifs is 2. The van der Waals surface area contributed by atoms with Crippen LogP contribution in [0, 0.1) is 5.92 Å². The van der Waals surface area contributed by atoms with E-state index in [1.165, 1.54) is 44.1 Å². The van der Waals surface area contributed by atoms with Crippen LogP contribution in [0.2, 0.25) is 0 Å². The molecule has 0 aliphatic heterocycles. The molecule has 1 heteroatoms. The summed E-state index contributed by atoms with van der Waals surface area (Å²) < 4.78 is 0. The van der Waals surface area contributed by atoms with E-state index in [2.05, 4.69) is 30.3 Å². The SMILES string of the molecule is OC1C2CCCC1(c1ccccc1)CCC2. The van der Waals surface area contributed by atoms with Crippen molar-refractivity contribution in [1.29, 1.82) is 0 Å². The lowest BCUT2D eigenvalue weighted by Gasteiger charge is -2.50. The standard InChI is InChI=1S/C15H20O/c16-14-12-6-4-10-15(14,11-5-7-12)13-8-2-1-3-9-13/h1-3,8-9,12,14,16H,4-7,10-11H2. The van der Waals surface area contributed by atoms with Gasteiger partial charge in [-0.25, -0.2) is 0 Å². The van der Waals surface area contributed by atoms with Gasteiger partial charge >= 0.3 is 0 Å². The zero-order valence-electron chi connectivity index (χ0n) is 9.73. The van der Waals surface area contributed by atoms with Gasteiger partial charge in [-0.15, -0.1) is 0 Å². The Hall–Kier alpha value is -0.820. The van der Waals surface area contributed by atoms with Crippen molar-refractivity contribution < 1.29 is 5.11 Å². The van der Waals surface area contributed by atoms with Gasteiger partial charge in [-0.1, -0.05) is 43.2 Å². The predicted molar refractivity (Wildman–Crippen MR) is 65.3 cm³/mol. The normalized spacial score (nSPS) is 38.3. The molecule has 16 heavy (non-hydrogen) atoms. The number of hydrogen-bond donors (Lipinski definition) is 1. The van der Waals surface area contributed by atoms with Crippen molar-refractivity contribution in [2.45, 2.75) is 50.0 Å². The third-order valence-corrected chi connectivity index (χ3v) is 4.76. The van der Waals surface area contributed by atoms with Crippen molar-refractivity contribution in [2.75, 3.05) is 0 Å². The first-order chi connectivity index (χ1) is 7.83. The molecule has 2 aliphatic carbocycles. The Morgan fingerprint density at radius 2 is 1.62 bits per heavy atom. The third-order valence-electron chi connectivity index (χ3n) is 4.76. The minimum absolute atomic E-state index is 0.0857. The minimum Gasteiger partial charge on any atom is -0.392 e. The van der Waals surface area contributed by atoms with Crippen molar-refractivity contribution in [3.05, 3.63) is 35.9 Å². The van der Waals surface area contributed by atoms with Crippen LogP contribution >= 0.6 is 0 Å². The molecule has 1 unspecified atom stereocenters. The Morgan fingerprint density at radius 3 is 2.25 bits per heavy atom. The van der Waals surface area contributed by atoms with E-state index in [9.17, 15) is 5.11 Å². The number of aliphatic hydroxyl groups is 1. The highest BCUT2D eigenvalue weighted by Gasteiger charge is 2.47. The summed E-state index contributed by atoms with van der Waals surface area (Å²) in [5, 5.41) is 10.6. The van der Waals surface area contributed by atoms with E-state index in [0.717, 1.165) is 0 Å². The molecule has 86 valence electrons. The number of hydrogen-bond acceptors (Lipinski definition) is 1. The summed E-state index contributed by atoms with van der Waals surface area (Å²) in [5.41, 5.74) is 1.45. The van der Waals surface area contributed by atoms with Crippen LogP contribution in [0.5, 0.6) is 0 Å². The summed E-state index contributed by atoms with van der Waals surface area (Å²) in [7, 11) is 0. The van der Waals surface area contributed by atoms with E-state index in [0.29, 0.717) is 5.92 Å². The lowest BCUT2D eigenvalue weighted by atomic mass is 9.57. The van der Waals surface area contributed by atoms with E-state index >= 15 is 0 Å². The second-order valence-electron chi connectivity index (χ2n) is 5.51. The summed E-state index contributed by atoms with van der Waals surface area (Å²) in [5.74, 6) is 0.558. The zero-order chi connectivity index (χ0) is 11.0. The van der Waals surface area contributed by atoms with E-state index in [-0.39, 0.29) is 11.5 Å². The number of aliphatic hydroxyl groups excluding tert-OH is 1. The Morgan fingerprint density at radius 1 is 1.00 bits per heavy atom. The molecule has 2 fully saturated rings. The molecule has 0 saturated heterocycles. The van der Waals surface area contributed by atoms with Gasteiger partial charge in [0.1, 0.15) is 0 Å². The Balaban J connectivity index is 2.01. The lowest BCUT2D eigenvalue weighted by Crippen LogP contribution is -2.50. The molecule has 3 rings (SSSR count). The maximum absolute atomic E-state index is 10.6. The van der Waals surface area contributed by atoms with Crippen molar-refractivity contribution in [2.24, 2.45) is 5.92 Å². The largest absolute Gasteiger partial charge is 0.392 e. The van der Waals surface area contributed by atoms with Crippen molar-refractivity contribution >= 4 is 0 Å². The molecule has 1 atom stereocenters. The van der Waals surface area contributed by atoms with Crippen LogP contribution in [0.1, 0.15) is 44.1 Å². The van der Waals surface area contributed by atoms with Gasteiger partial charge in [-0.3, -0.25) is 0 Å². The van der Waals surface area contributed by atoms with Gasteiger partial charge in [0.25, 0.3) is 0 Å². The van der Waals surface area contributed by atoms with E-state index in [1.54, 1.807) is 0 Å². The van der Waals surface area contributed by atoms with E-state index < -0.39 is 0 Å². The second-order valence-corrected chi connectivity index (χ2v) is 5.51. The van der Waals surface area contributed by atoms with Crippen LogP contribution in [-0.4, -0.2) is 11.2 Å². The molecule has 1 N–H and O–H groups in total. The monoisotopic (exact) mass is 216 g/mol. The third kappa shape index (κ3) is 1.41. The van der Waals surface area contributed by atoms with Gasteiger partial charge in [0.05, 0.1) is 6.10 Å². The molecular formula is C15H20O. The smallest absolute Gasteiger partial charge is 0.0664 e. The average Bonchev–Trinajstić information content (AvgIpc) is 2.30. The fourth-order valence-corrected chi connectivity index (χ4v) is 3.92. The van der Waals surface area contributed by atoms with Gasteiger partial charge < -0.3 is 5.11 Å². The van der Waals surface area contributed by atoms with Crippen LogP contribution in [0.4, 0.5) is 0 Å². The van der Waals surface area contributed by atoms with Gasteiger partial charge in [-0.2, -0.15) is 0 Å². The van der Waals surface area contributed by atoms with Gasteiger partial charge in [-0.05, 0) is 37.2 Å². The zero-order valence-corrected chi connectivity index (χ0v) is 9.73. The van der Waals surface area contributed by atoms with Crippen LogP contribution in [-0.2, 0) is 5.41 Å². The molecule has 1 aromatic carbocycles. The maximum Gasteiger partial charge on any atom is 0.0664 e. The molecule has 2 bridgehead atoms. The Kier molecular flexibility index (Phi) is 2.51. The molecule has 2 aliphatic rings.